The summed E-state index contributed by atoms with van der Waals surface area (Å²) in [7, 11) is 0. The highest BCUT2D eigenvalue weighted by atomic mass is 35.5. The molecular weight excluding hydrogens is 352 g/mol. The minimum atomic E-state index is -0.841. The Bertz CT molecular complexity index is 920. The van der Waals surface area contributed by atoms with E-state index >= 15 is 0 Å². The van der Waals surface area contributed by atoms with E-state index in [1.165, 1.54) is 0 Å². The van der Waals surface area contributed by atoms with Gasteiger partial charge >= 0.3 is 5.97 Å². The van der Waals surface area contributed by atoms with Crippen molar-refractivity contribution in [3.05, 3.63) is 59.4 Å². The number of nitrogens with one attached hydrogen (secondary N) is 1. The van der Waals surface area contributed by atoms with E-state index in [9.17, 15) is 9.90 Å². The molecule has 6 nitrogen and oxygen atoms in total. The number of aliphatic carboxylic acids is 1. The number of aromatic amines is 1. The summed E-state index contributed by atoms with van der Waals surface area (Å²) in [5.74, 6) is 0.0906. The number of H-pyrrole nitrogens is 1. The van der Waals surface area contributed by atoms with Gasteiger partial charge in [0.2, 0.25) is 0 Å². The molecule has 1 atom stereocenters. The molecule has 1 aliphatic rings. The second-order valence-corrected chi connectivity index (χ2v) is 6.82. The van der Waals surface area contributed by atoms with Crippen LogP contribution in [-0.4, -0.2) is 52.1 Å². The molecule has 0 saturated carbocycles. The van der Waals surface area contributed by atoms with E-state index in [0.29, 0.717) is 18.1 Å². The minimum absolute atomic E-state index is 0.627. The van der Waals surface area contributed by atoms with Gasteiger partial charge < -0.3 is 15.0 Å². The lowest BCUT2D eigenvalue weighted by Crippen LogP contribution is -2.49. The second-order valence-electron chi connectivity index (χ2n) is 6.39. The molecule has 0 aliphatic carbocycles. The fraction of sp³-hybridized carbons (Fsp3) is 0.263. The molecule has 2 aromatic heterocycles. The predicted molar refractivity (Wildman–Crippen MR) is 102 cm³/mol. The molecule has 1 saturated heterocycles. The Morgan fingerprint density at radius 3 is 2.69 bits per heavy atom. The third-order valence-corrected chi connectivity index (χ3v) is 5.09. The standard InChI is InChI=1S/C19H19ClN4O2/c20-13-4-5-14-15(12-22-16(14)11-13)18(19(25)26)24-9-7-23(8-10-24)17-3-1-2-6-21-17/h1-6,11-12,18,22H,7-10H2,(H,25,26). The number of pyridine rings is 1. The Hall–Kier alpha value is -2.57. The van der Waals surface area contributed by atoms with Crippen LogP contribution >= 0.6 is 11.6 Å². The van der Waals surface area contributed by atoms with E-state index in [1.807, 2.05) is 35.2 Å². The van der Waals surface area contributed by atoms with Gasteiger partial charge in [0, 0.05) is 60.1 Å². The van der Waals surface area contributed by atoms with Crippen molar-refractivity contribution < 1.29 is 9.90 Å². The van der Waals surface area contributed by atoms with Crippen molar-refractivity contribution in [1.29, 1.82) is 0 Å². The molecule has 1 unspecified atom stereocenters. The van der Waals surface area contributed by atoms with Crippen LogP contribution in [0.2, 0.25) is 5.02 Å². The number of nitrogens with zero attached hydrogens (tertiary/aromatic N) is 3. The Balaban J connectivity index is 1.57. The number of carboxylic acids is 1. The van der Waals surface area contributed by atoms with Gasteiger partial charge in [-0.05, 0) is 24.3 Å². The van der Waals surface area contributed by atoms with Gasteiger partial charge in [0.15, 0.2) is 0 Å². The van der Waals surface area contributed by atoms with Gasteiger partial charge in [-0.1, -0.05) is 23.7 Å². The molecule has 4 rings (SSSR count). The van der Waals surface area contributed by atoms with Gasteiger partial charge in [-0.3, -0.25) is 9.69 Å². The normalized spacial score (nSPS) is 16.7. The van der Waals surface area contributed by atoms with Crippen molar-refractivity contribution in [3.8, 4) is 0 Å². The quantitative estimate of drug-likeness (QED) is 0.738. The Morgan fingerprint density at radius 1 is 1.19 bits per heavy atom. The van der Waals surface area contributed by atoms with Crippen LogP contribution in [-0.2, 0) is 4.79 Å². The number of piperazine rings is 1. The molecule has 0 spiro atoms. The van der Waals surface area contributed by atoms with Gasteiger partial charge in [0.05, 0.1) is 0 Å². The van der Waals surface area contributed by atoms with Gasteiger partial charge in [0.25, 0.3) is 0 Å². The summed E-state index contributed by atoms with van der Waals surface area (Å²) < 4.78 is 0. The van der Waals surface area contributed by atoms with Crippen molar-refractivity contribution in [3.63, 3.8) is 0 Å². The fourth-order valence-corrected chi connectivity index (χ4v) is 3.76. The van der Waals surface area contributed by atoms with E-state index < -0.39 is 12.0 Å². The first-order valence-electron chi connectivity index (χ1n) is 8.53. The van der Waals surface area contributed by atoms with Crippen molar-refractivity contribution in [2.24, 2.45) is 0 Å². The Labute approximate surface area is 156 Å². The first kappa shape index (κ1) is 16.9. The van der Waals surface area contributed by atoms with Crippen LogP contribution in [0.1, 0.15) is 11.6 Å². The lowest BCUT2D eigenvalue weighted by Gasteiger charge is -2.38. The Morgan fingerprint density at radius 2 is 2.00 bits per heavy atom. The SMILES string of the molecule is O=C(O)C(c1c[nH]c2cc(Cl)ccc12)N1CCN(c2ccccn2)CC1. The molecule has 1 aromatic carbocycles. The largest absolute Gasteiger partial charge is 0.480 e. The monoisotopic (exact) mass is 370 g/mol. The van der Waals surface area contributed by atoms with Crippen LogP contribution in [0, 0.1) is 0 Å². The summed E-state index contributed by atoms with van der Waals surface area (Å²) in [6, 6.07) is 10.6. The van der Waals surface area contributed by atoms with Gasteiger partial charge in [0.1, 0.15) is 11.9 Å². The van der Waals surface area contributed by atoms with Gasteiger partial charge in [-0.2, -0.15) is 0 Å². The molecule has 0 bridgehead atoms. The zero-order valence-electron chi connectivity index (χ0n) is 14.1. The number of aromatic nitrogens is 2. The average molecular weight is 371 g/mol. The lowest BCUT2D eigenvalue weighted by atomic mass is 10.0. The molecule has 7 heteroatoms. The summed E-state index contributed by atoms with van der Waals surface area (Å²) in [6.07, 6.45) is 3.56. The summed E-state index contributed by atoms with van der Waals surface area (Å²) in [6.45, 7) is 2.81. The van der Waals surface area contributed by atoms with E-state index in [0.717, 1.165) is 35.4 Å². The van der Waals surface area contributed by atoms with E-state index in [4.69, 9.17) is 11.6 Å². The molecule has 1 aliphatic heterocycles. The summed E-state index contributed by atoms with van der Waals surface area (Å²) in [5.41, 5.74) is 1.63. The maximum Gasteiger partial charge on any atom is 0.325 e. The maximum atomic E-state index is 12.1. The van der Waals surface area contributed by atoms with Gasteiger partial charge in [-0.15, -0.1) is 0 Å². The number of carboxylic acid groups (broad SMARTS) is 1. The number of carbonyl (C=O) groups is 1. The highest BCUT2D eigenvalue weighted by Crippen LogP contribution is 2.31. The number of fused-ring (bicyclic) bond motifs is 1. The summed E-state index contributed by atoms with van der Waals surface area (Å²) in [4.78, 5) is 23.8. The molecular formula is C19H19ClN4O2. The summed E-state index contributed by atoms with van der Waals surface area (Å²) in [5, 5.41) is 11.4. The number of anilines is 1. The van der Waals surface area contributed by atoms with Crippen LogP contribution < -0.4 is 4.90 Å². The van der Waals surface area contributed by atoms with E-state index in [2.05, 4.69) is 14.9 Å². The van der Waals surface area contributed by atoms with Crippen molar-refractivity contribution >= 4 is 34.3 Å². The zero-order chi connectivity index (χ0) is 18.1. The topological polar surface area (TPSA) is 72.5 Å². The number of halogens is 1. The first-order valence-corrected chi connectivity index (χ1v) is 8.90. The van der Waals surface area contributed by atoms with Crippen molar-refractivity contribution in [1.82, 2.24) is 14.9 Å². The average Bonchev–Trinajstić information content (AvgIpc) is 3.05. The van der Waals surface area contributed by atoms with Crippen LogP contribution in [0.5, 0.6) is 0 Å². The Kier molecular flexibility index (Phi) is 4.53. The number of hydrogen-bond donors (Lipinski definition) is 2. The second kappa shape index (κ2) is 6.97. The predicted octanol–water partition coefficient (Wildman–Crippen LogP) is 3.16. The molecule has 134 valence electrons. The van der Waals surface area contributed by atoms with Crippen LogP contribution in [0.4, 0.5) is 5.82 Å². The van der Waals surface area contributed by atoms with Crippen molar-refractivity contribution in [2.75, 3.05) is 31.1 Å². The highest BCUT2D eigenvalue weighted by Gasteiger charge is 2.32. The number of rotatable bonds is 4. The number of hydrogen-bond acceptors (Lipinski definition) is 4. The minimum Gasteiger partial charge on any atom is -0.480 e. The number of benzene rings is 1. The molecule has 1 fully saturated rings. The molecule has 3 aromatic rings. The van der Waals surface area contributed by atoms with E-state index in [1.54, 1.807) is 18.5 Å². The lowest BCUT2D eigenvalue weighted by molar-refractivity contribution is -0.143. The third-order valence-electron chi connectivity index (χ3n) is 4.86. The smallest absolute Gasteiger partial charge is 0.325 e. The van der Waals surface area contributed by atoms with Crippen molar-refractivity contribution in [2.45, 2.75) is 6.04 Å². The fourth-order valence-electron chi connectivity index (χ4n) is 3.58. The first-order chi connectivity index (χ1) is 12.6. The molecule has 2 N–H and O–H groups in total. The molecule has 26 heavy (non-hydrogen) atoms. The van der Waals surface area contributed by atoms with Crippen LogP contribution in [0.25, 0.3) is 10.9 Å². The molecule has 0 radical (unpaired) electrons. The highest BCUT2D eigenvalue weighted by molar-refractivity contribution is 6.31. The third kappa shape index (κ3) is 3.13. The van der Waals surface area contributed by atoms with E-state index in [-0.39, 0.29) is 0 Å². The summed E-state index contributed by atoms with van der Waals surface area (Å²) >= 11 is 6.03. The van der Waals surface area contributed by atoms with Crippen LogP contribution in [0.15, 0.2) is 48.8 Å². The maximum absolute atomic E-state index is 12.1. The molecule has 3 heterocycles. The molecule has 0 amide bonds. The van der Waals surface area contributed by atoms with Crippen LogP contribution in [0.3, 0.4) is 0 Å². The van der Waals surface area contributed by atoms with Gasteiger partial charge in [-0.25, -0.2) is 4.98 Å². The zero-order valence-corrected chi connectivity index (χ0v) is 14.9.